The second-order valence-electron chi connectivity index (χ2n) is 3.83. The summed E-state index contributed by atoms with van der Waals surface area (Å²) in [5, 5.41) is 14.9. The molecule has 2 aromatic rings. The Morgan fingerprint density at radius 3 is 2.68 bits per heavy atom. The van der Waals surface area contributed by atoms with Crippen LogP contribution in [0.4, 0.5) is 0 Å². The van der Waals surface area contributed by atoms with Crippen molar-refractivity contribution in [1.82, 2.24) is 0 Å². The third-order valence-corrected chi connectivity index (χ3v) is 2.68. The van der Waals surface area contributed by atoms with Crippen molar-refractivity contribution in [3.63, 3.8) is 0 Å². The quantitative estimate of drug-likeness (QED) is 0.520. The fourth-order valence-electron chi connectivity index (χ4n) is 1.85. The van der Waals surface area contributed by atoms with E-state index in [1.807, 2.05) is 6.07 Å². The zero-order chi connectivity index (χ0) is 13.8. The number of esters is 1. The number of phenolic OH excluding ortho intramolecular Hbond substituents is 1. The van der Waals surface area contributed by atoms with Gasteiger partial charge in [0.15, 0.2) is 5.71 Å². The monoisotopic (exact) mass is 259 g/mol. The van der Waals surface area contributed by atoms with Gasteiger partial charge in [-0.2, -0.15) is 0 Å². The lowest BCUT2D eigenvalue weighted by atomic mass is 10.0. The Balaban J connectivity index is 2.69. The third kappa shape index (κ3) is 2.49. The Morgan fingerprint density at radius 1 is 1.21 bits per heavy atom. The smallest absolute Gasteiger partial charge is 0.360 e. The maximum absolute atomic E-state index is 11.7. The van der Waals surface area contributed by atoms with Crippen LogP contribution in [0.1, 0.15) is 5.56 Å². The SMILES string of the molecule is CO/N=C(/C(=O)OC)c1cccc2ccc(O)cc12. The molecule has 0 saturated carbocycles. The molecule has 0 bridgehead atoms. The topological polar surface area (TPSA) is 68.1 Å². The first-order chi connectivity index (χ1) is 9.17. The summed E-state index contributed by atoms with van der Waals surface area (Å²) in [6, 6.07) is 10.3. The van der Waals surface area contributed by atoms with Crippen LogP contribution in [0.5, 0.6) is 5.75 Å². The summed E-state index contributed by atoms with van der Waals surface area (Å²) in [7, 11) is 2.63. The molecule has 0 aliphatic heterocycles. The summed E-state index contributed by atoms with van der Waals surface area (Å²) in [5.74, 6) is -0.487. The number of benzene rings is 2. The normalized spacial score (nSPS) is 11.4. The van der Waals surface area contributed by atoms with Crippen molar-refractivity contribution in [2.24, 2.45) is 5.16 Å². The second kappa shape index (κ2) is 5.39. The van der Waals surface area contributed by atoms with Gasteiger partial charge in [-0.05, 0) is 22.9 Å². The standard InChI is InChI=1S/C14H13NO4/c1-18-14(17)13(15-19-2)11-5-3-4-9-6-7-10(16)8-12(9)11/h3-8,16H,1-2H3/b15-13+. The molecule has 1 N–H and O–H groups in total. The van der Waals surface area contributed by atoms with Gasteiger partial charge in [-0.15, -0.1) is 0 Å². The zero-order valence-electron chi connectivity index (χ0n) is 10.6. The van der Waals surface area contributed by atoms with Crippen LogP contribution in [0.25, 0.3) is 10.8 Å². The van der Waals surface area contributed by atoms with Crippen LogP contribution in [0.3, 0.4) is 0 Å². The Labute approximate surface area is 110 Å². The molecule has 19 heavy (non-hydrogen) atoms. The molecule has 0 aliphatic carbocycles. The number of rotatable bonds is 3. The number of aromatic hydroxyl groups is 1. The summed E-state index contributed by atoms with van der Waals surface area (Å²) in [5.41, 5.74) is 0.600. The average molecular weight is 259 g/mol. The molecule has 2 rings (SSSR count). The van der Waals surface area contributed by atoms with Gasteiger partial charge in [-0.3, -0.25) is 0 Å². The third-order valence-electron chi connectivity index (χ3n) is 2.68. The molecular weight excluding hydrogens is 246 g/mol. The van der Waals surface area contributed by atoms with Crippen LogP contribution >= 0.6 is 0 Å². The molecule has 5 nitrogen and oxygen atoms in total. The molecule has 0 spiro atoms. The van der Waals surface area contributed by atoms with Crippen LogP contribution in [0.2, 0.25) is 0 Å². The van der Waals surface area contributed by atoms with E-state index < -0.39 is 5.97 Å². The molecule has 0 saturated heterocycles. The Morgan fingerprint density at radius 2 is 2.00 bits per heavy atom. The number of fused-ring (bicyclic) bond motifs is 1. The maximum atomic E-state index is 11.7. The van der Waals surface area contributed by atoms with Crippen molar-refractivity contribution in [3.05, 3.63) is 42.0 Å². The van der Waals surface area contributed by atoms with Gasteiger partial charge in [0.2, 0.25) is 0 Å². The van der Waals surface area contributed by atoms with E-state index in [9.17, 15) is 9.90 Å². The molecule has 0 radical (unpaired) electrons. The van der Waals surface area contributed by atoms with Crippen LogP contribution in [0.15, 0.2) is 41.6 Å². The van der Waals surface area contributed by atoms with Gasteiger partial charge in [0.25, 0.3) is 0 Å². The molecule has 0 aliphatic rings. The van der Waals surface area contributed by atoms with Crippen LogP contribution in [-0.4, -0.2) is 31.0 Å². The van der Waals surface area contributed by atoms with Gasteiger partial charge in [0.1, 0.15) is 12.9 Å². The molecule has 0 unspecified atom stereocenters. The molecular formula is C14H13NO4. The molecule has 98 valence electrons. The highest BCUT2D eigenvalue weighted by molar-refractivity contribution is 6.45. The zero-order valence-corrected chi connectivity index (χ0v) is 10.6. The largest absolute Gasteiger partial charge is 0.508 e. The number of oxime groups is 1. The minimum atomic E-state index is -0.599. The van der Waals surface area contributed by atoms with Gasteiger partial charge in [-0.25, -0.2) is 4.79 Å². The summed E-state index contributed by atoms with van der Waals surface area (Å²) in [4.78, 5) is 16.4. The summed E-state index contributed by atoms with van der Waals surface area (Å²) in [6.07, 6.45) is 0. The number of hydrogen-bond acceptors (Lipinski definition) is 5. The fraction of sp³-hybridized carbons (Fsp3) is 0.143. The Kier molecular flexibility index (Phi) is 3.66. The van der Waals surface area contributed by atoms with E-state index in [2.05, 4.69) is 14.7 Å². The van der Waals surface area contributed by atoms with E-state index in [1.165, 1.54) is 14.2 Å². The lowest BCUT2D eigenvalue weighted by Gasteiger charge is -2.08. The molecule has 0 atom stereocenters. The van der Waals surface area contributed by atoms with Crippen molar-refractivity contribution in [2.75, 3.05) is 14.2 Å². The van der Waals surface area contributed by atoms with Crippen molar-refractivity contribution < 1.29 is 19.5 Å². The van der Waals surface area contributed by atoms with Crippen molar-refractivity contribution in [1.29, 1.82) is 0 Å². The van der Waals surface area contributed by atoms with E-state index in [-0.39, 0.29) is 11.5 Å². The maximum Gasteiger partial charge on any atom is 0.360 e. The number of carbonyl (C=O) groups excluding carboxylic acids is 1. The van der Waals surface area contributed by atoms with Crippen molar-refractivity contribution in [3.8, 4) is 5.75 Å². The first kappa shape index (κ1) is 12.9. The van der Waals surface area contributed by atoms with Crippen LogP contribution in [-0.2, 0) is 14.4 Å². The minimum Gasteiger partial charge on any atom is -0.508 e. The summed E-state index contributed by atoms with van der Waals surface area (Å²) in [6.45, 7) is 0. The number of nitrogens with zero attached hydrogens (tertiary/aromatic N) is 1. The van der Waals surface area contributed by atoms with Crippen molar-refractivity contribution in [2.45, 2.75) is 0 Å². The number of carbonyl (C=O) groups is 1. The molecule has 5 heteroatoms. The fourth-order valence-corrected chi connectivity index (χ4v) is 1.85. The first-order valence-electron chi connectivity index (χ1n) is 5.59. The number of hydrogen-bond donors (Lipinski definition) is 1. The first-order valence-corrected chi connectivity index (χ1v) is 5.59. The predicted octanol–water partition coefficient (Wildman–Crippen LogP) is 2.07. The highest BCUT2D eigenvalue weighted by atomic mass is 16.6. The summed E-state index contributed by atoms with van der Waals surface area (Å²) < 4.78 is 4.69. The number of methoxy groups -OCH3 is 1. The van der Waals surface area contributed by atoms with Gasteiger partial charge < -0.3 is 14.7 Å². The van der Waals surface area contributed by atoms with E-state index in [0.29, 0.717) is 10.9 Å². The molecule has 2 aromatic carbocycles. The highest BCUT2D eigenvalue weighted by Crippen LogP contribution is 2.24. The van der Waals surface area contributed by atoms with Gasteiger partial charge in [-0.1, -0.05) is 29.4 Å². The molecule has 0 heterocycles. The predicted molar refractivity (Wildman–Crippen MR) is 71.2 cm³/mol. The lowest BCUT2D eigenvalue weighted by molar-refractivity contribution is -0.132. The van der Waals surface area contributed by atoms with E-state index >= 15 is 0 Å². The Hall–Kier alpha value is -2.56. The van der Waals surface area contributed by atoms with Gasteiger partial charge in [0, 0.05) is 5.56 Å². The Bertz CT molecular complexity index is 649. The van der Waals surface area contributed by atoms with Gasteiger partial charge >= 0.3 is 5.97 Å². The van der Waals surface area contributed by atoms with Gasteiger partial charge in [0.05, 0.1) is 7.11 Å². The minimum absolute atomic E-state index is 0.0567. The highest BCUT2D eigenvalue weighted by Gasteiger charge is 2.18. The molecule has 0 aromatic heterocycles. The lowest BCUT2D eigenvalue weighted by Crippen LogP contribution is -2.17. The number of ether oxygens (including phenoxy) is 1. The van der Waals surface area contributed by atoms with Crippen molar-refractivity contribution >= 4 is 22.5 Å². The van der Waals surface area contributed by atoms with E-state index in [4.69, 9.17) is 0 Å². The number of phenols is 1. The second-order valence-corrected chi connectivity index (χ2v) is 3.83. The van der Waals surface area contributed by atoms with E-state index in [0.717, 1.165) is 5.39 Å². The van der Waals surface area contributed by atoms with Crippen LogP contribution in [0, 0.1) is 0 Å². The van der Waals surface area contributed by atoms with E-state index in [1.54, 1.807) is 30.3 Å². The van der Waals surface area contributed by atoms with Crippen LogP contribution < -0.4 is 0 Å². The molecule has 0 amide bonds. The average Bonchev–Trinajstić information content (AvgIpc) is 2.43. The molecule has 0 fully saturated rings. The summed E-state index contributed by atoms with van der Waals surface area (Å²) >= 11 is 0.